The number of halogens is 3. The van der Waals surface area contributed by atoms with E-state index in [2.05, 4.69) is 18.7 Å². The first-order valence-electron chi connectivity index (χ1n) is 11.8. The summed E-state index contributed by atoms with van der Waals surface area (Å²) in [6.07, 6.45) is -0.439. The summed E-state index contributed by atoms with van der Waals surface area (Å²) in [6.45, 7) is 4.96. The second-order valence-corrected chi connectivity index (χ2v) is 9.63. The highest BCUT2D eigenvalue weighted by molar-refractivity contribution is 5.74. The van der Waals surface area contributed by atoms with Crippen molar-refractivity contribution in [2.24, 2.45) is 11.8 Å². The first-order chi connectivity index (χ1) is 16.1. The van der Waals surface area contributed by atoms with Crippen molar-refractivity contribution < 1.29 is 27.9 Å². The van der Waals surface area contributed by atoms with Gasteiger partial charge < -0.3 is 5.11 Å². The van der Waals surface area contributed by atoms with Crippen molar-refractivity contribution in [3.05, 3.63) is 70.8 Å². The van der Waals surface area contributed by atoms with Crippen LogP contribution >= 0.6 is 0 Å². The van der Waals surface area contributed by atoms with Gasteiger partial charge in [-0.05, 0) is 67.3 Å². The molecule has 0 aliphatic carbocycles. The van der Waals surface area contributed by atoms with Gasteiger partial charge >= 0.3 is 12.1 Å². The number of carbonyl (C=O) groups is 2. The fourth-order valence-electron chi connectivity index (χ4n) is 4.90. The molecule has 1 aliphatic heterocycles. The topological polar surface area (TPSA) is 57.6 Å². The Morgan fingerprint density at radius 1 is 1.09 bits per heavy atom. The van der Waals surface area contributed by atoms with Gasteiger partial charge in [0.05, 0.1) is 5.56 Å². The summed E-state index contributed by atoms with van der Waals surface area (Å²) >= 11 is 0. The summed E-state index contributed by atoms with van der Waals surface area (Å²) in [5.41, 5.74) is 1.72. The molecular formula is C27H32F3NO3. The third kappa shape index (κ3) is 6.69. The smallest absolute Gasteiger partial charge is 0.416 e. The second kappa shape index (κ2) is 11.2. The fourth-order valence-corrected chi connectivity index (χ4v) is 4.90. The Morgan fingerprint density at radius 3 is 2.26 bits per heavy atom. The summed E-state index contributed by atoms with van der Waals surface area (Å²) in [6, 6.07) is 12.6. The number of rotatable bonds is 9. The Balaban J connectivity index is 1.97. The van der Waals surface area contributed by atoms with Gasteiger partial charge in [-0.15, -0.1) is 0 Å². The number of likely N-dealkylation sites (tertiary alicyclic amines) is 1. The summed E-state index contributed by atoms with van der Waals surface area (Å²) in [4.78, 5) is 24.8. The lowest BCUT2D eigenvalue weighted by Crippen LogP contribution is -2.40. The van der Waals surface area contributed by atoms with E-state index in [1.54, 1.807) is 12.1 Å². The van der Waals surface area contributed by atoms with Gasteiger partial charge in [-0.1, -0.05) is 50.2 Å². The second-order valence-electron chi connectivity index (χ2n) is 9.63. The predicted octanol–water partition coefficient (Wildman–Crippen LogP) is 6.92. The van der Waals surface area contributed by atoms with Crippen LogP contribution < -0.4 is 0 Å². The van der Waals surface area contributed by atoms with Crippen molar-refractivity contribution in [2.75, 3.05) is 6.54 Å². The van der Waals surface area contributed by atoms with Crippen molar-refractivity contribution in [1.29, 1.82) is 0 Å². The molecule has 0 spiro atoms. The molecule has 0 amide bonds. The zero-order valence-electron chi connectivity index (χ0n) is 19.6. The molecule has 1 aliphatic rings. The normalized spacial score (nSPS) is 20.3. The molecule has 1 N–H and O–H groups in total. The van der Waals surface area contributed by atoms with E-state index in [-0.39, 0.29) is 24.4 Å². The van der Waals surface area contributed by atoms with Crippen LogP contribution in [0.4, 0.5) is 13.2 Å². The minimum atomic E-state index is -4.41. The van der Waals surface area contributed by atoms with E-state index in [0.29, 0.717) is 30.9 Å². The largest absolute Gasteiger partial charge is 0.481 e. The van der Waals surface area contributed by atoms with E-state index in [0.717, 1.165) is 42.4 Å². The van der Waals surface area contributed by atoms with Crippen LogP contribution in [0.2, 0.25) is 0 Å². The highest BCUT2D eigenvalue weighted by Gasteiger charge is 2.36. The van der Waals surface area contributed by atoms with Crippen molar-refractivity contribution in [1.82, 2.24) is 4.90 Å². The van der Waals surface area contributed by atoms with Crippen molar-refractivity contribution in [3.63, 3.8) is 0 Å². The molecule has 0 bridgehead atoms. The number of hydrogen-bond acceptors (Lipinski definition) is 3. The van der Waals surface area contributed by atoms with Crippen LogP contribution in [0.1, 0.15) is 85.1 Å². The third-order valence-electron chi connectivity index (χ3n) is 6.71. The van der Waals surface area contributed by atoms with Crippen LogP contribution in [0.25, 0.3) is 0 Å². The van der Waals surface area contributed by atoms with E-state index in [4.69, 9.17) is 0 Å². The average Bonchev–Trinajstić information content (AvgIpc) is 2.79. The molecule has 0 saturated carbocycles. The maximum atomic E-state index is 13.1. The van der Waals surface area contributed by atoms with Crippen LogP contribution in [0.5, 0.6) is 0 Å². The number of carbonyl (C=O) groups excluding carboxylic acids is 1. The highest BCUT2D eigenvalue weighted by Crippen LogP contribution is 2.43. The number of carboxylic acids is 1. The number of aliphatic carboxylic acids is 1. The lowest BCUT2D eigenvalue weighted by Gasteiger charge is -2.44. The molecular weight excluding hydrogens is 443 g/mol. The average molecular weight is 476 g/mol. The van der Waals surface area contributed by atoms with Gasteiger partial charge in [-0.3, -0.25) is 14.5 Å². The quantitative estimate of drug-likeness (QED) is 0.400. The summed E-state index contributed by atoms with van der Waals surface area (Å²) in [5, 5.41) is 9.33. The molecule has 1 fully saturated rings. The van der Waals surface area contributed by atoms with E-state index in [9.17, 15) is 27.9 Å². The highest BCUT2D eigenvalue weighted by atomic mass is 19.4. The zero-order valence-corrected chi connectivity index (χ0v) is 19.6. The minimum absolute atomic E-state index is 0.0150. The Kier molecular flexibility index (Phi) is 8.52. The molecule has 184 valence electrons. The monoisotopic (exact) mass is 475 g/mol. The van der Waals surface area contributed by atoms with Gasteiger partial charge in [0.25, 0.3) is 0 Å². The summed E-state index contributed by atoms with van der Waals surface area (Å²) in [5.74, 6) is -0.416. The van der Waals surface area contributed by atoms with Gasteiger partial charge in [0.15, 0.2) is 0 Å². The van der Waals surface area contributed by atoms with Crippen LogP contribution in [-0.4, -0.2) is 28.8 Å². The molecule has 34 heavy (non-hydrogen) atoms. The van der Waals surface area contributed by atoms with E-state index >= 15 is 0 Å². The van der Waals surface area contributed by atoms with Gasteiger partial charge in [0.1, 0.15) is 6.29 Å². The number of hydrogen-bond donors (Lipinski definition) is 1. The lowest BCUT2D eigenvalue weighted by atomic mass is 9.82. The van der Waals surface area contributed by atoms with E-state index < -0.39 is 17.7 Å². The number of carboxylic acid groups (broad SMARTS) is 1. The maximum Gasteiger partial charge on any atom is 0.416 e. The van der Waals surface area contributed by atoms with E-state index in [1.165, 1.54) is 12.1 Å². The predicted molar refractivity (Wildman–Crippen MR) is 125 cm³/mol. The molecule has 3 rings (SSSR count). The molecule has 1 saturated heterocycles. The van der Waals surface area contributed by atoms with Crippen LogP contribution in [0.3, 0.4) is 0 Å². The summed E-state index contributed by atoms with van der Waals surface area (Å²) in [7, 11) is 0. The van der Waals surface area contributed by atoms with E-state index in [1.807, 2.05) is 12.1 Å². The standard InChI is InChI=1S/C27H32F3NO3/c1-18(2)3-12-24(21-6-4-19(17-32)5-7-21)31-14-13-20(16-26(33)34)15-25(31)22-8-10-23(11-9-22)27(28,29)30/h4-11,17-18,20,24-25H,3,12-16H2,1-2H3,(H,33,34). The first-order valence-corrected chi connectivity index (χ1v) is 11.8. The lowest BCUT2D eigenvalue weighted by molar-refractivity contribution is -0.139. The molecule has 1 heterocycles. The van der Waals surface area contributed by atoms with Gasteiger partial charge in [0, 0.05) is 24.1 Å². The maximum absolute atomic E-state index is 13.1. The Bertz CT molecular complexity index is 955. The molecule has 2 aromatic rings. The Morgan fingerprint density at radius 2 is 1.74 bits per heavy atom. The first kappa shape index (κ1) is 25.9. The number of alkyl halides is 3. The van der Waals surface area contributed by atoms with Crippen LogP contribution in [-0.2, 0) is 11.0 Å². The minimum Gasteiger partial charge on any atom is -0.481 e. The SMILES string of the molecule is CC(C)CCC(c1ccc(C=O)cc1)N1CCC(CC(=O)O)CC1c1ccc(C(F)(F)F)cc1. The molecule has 3 atom stereocenters. The van der Waals surface area contributed by atoms with Crippen LogP contribution in [0.15, 0.2) is 48.5 Å². The van der Waals surface area contributed by atoms with Gasteiger partial charge in [-0.25, -0.2) is 0 Å². The number of benzene rings is 2. The third-order valence-corrected chi connectivity index (χ3v) is 6.71. The molecule has 0 radical (unpaired) electrons. The molecule has 4 nitrogen and oxygen atoms in total. The number of piperidine rings is 1. The van der Waals surface area contributed by atoms with Gasteiger partial charge in [-0.2, -0.15) is 13.2 Å². The zero-order chi connectivity index (χ0) is 24.9. The molecule has 7 heteroatoms. The summed E-state index contributed by atoms with van der Waals surface area (Å²) < 4.78 is 39.4. The number of aldehydes is 1. The van der Waals surface area contributed by atoms with Crippen molar-refractivity contribution in [3.8, 4) is 0 Å². The van der Waals surface area contributed by atoms with Crippen LogP contribution in [0, 0.1) is 11.8 Å². The number of nitrogens with zero attached hydrogens (tertiary/aromatic N) is 1. The van der Waals surface area contributed by atoms with Crippen molar-refractivity contribution in [2.45, 2.75) is 64.2 Å². The Hall–Kier alpha value is -2.67. The van der Waals surface area contributed by atoms with Crippen molar-refractivity contribution >= 4 is 12.3 Å². The molecule has 0 aromatic heterocycles. The molecule has 3 unspecified atom stereocenters. The Labute approximate surface area is 198 Å². The fraction of sp³-hybridized carbons (Fsp3) is 0.481. The van der Waals surface area contributed by atoms with Gasteiger partial charge in [0.2, 0.25) is 0 Å². The molecule has 2 aromatic carbocycles.